The average Bonchev–Trinajstić information content (AvgIpc) is 2.46. The molecule has 0 atom stereocenters. The van der Waals surface area contributed by atoms with Gasteiger partial charge in [-0.1, -0.05) is 55.2 Å². The molecule has 0 aromatic heterocycles. The Morgan fingerprint density at radius 1 is 1.30 bits per heavy atom. The highest BCUT2D eigenvalue weighted by atomic mass is 16.2. The monoisotopic (exact) mass is 272 g/mol. The molecule has 108 valence electrons. The zero-order valence-electron chi connectivity index (χ0n) is 12.2. The maximum absolute atomic E-state index is 11.7. The summed E-state index contributed by atoms with van der Waals surface area (Å²) in [5.41, 5.74) is 2.33. The van der Waals surface area contributed by atoms with E-state index in [1.54, 1.807) is 6.20 Å². The average molecular weight is 272 g/mol. The van der Waals surface area contributed by atoms with E-state index in [2.05, 4.69) is 35.8 Å². The van der Waals surface area contributed by atoms with E-state index in [4.69, 9.17) is 0 Å². The van der Waals surface area contributed by atoms with Gasteiger partial charge in [-0.05, 0) is 31.2 Å². The molecule has 2 rings (SSSR count). The summed E-state index contributed by atoms with van der Waals surface area (Å²) in [7, 11) is 0. The zero-order chi connectivity index (χ0) is 14.2. The summed E-state index contributed by atoms with van der Waals surface area (Å²) >= 11 is 0. The van der Waals surface area contributed by atoms with Gasteiger partial charge >= 0.3 is 6.03 Å². The third-order valence-corrected chi connectivity index (χ3v) is 3.77. The number of amides is 2. The predicted molar refractivity (Wildman–Crippen MR) is 82.3 cm³/mol. The van der Waals surface area contributed by atoms with Crippen LogP contribution in [0.2, 0.25) is 0 Å². The Labute approximate surface area is 121 Å². The van der Waals surface area contributed by atoms with Gasteiger partial charge in [0.1, 0.15) is 0 Å². The van der Waals surface area contributed by atoms with E-state index < -0.39 is 0 Å². The number of allylic oxidation sites excluding steroid dienone is 1. The van der Waals surface area contributed by atoms with Crippen LogP contribution in [0.15, 0.2) is 36.5 Å². The van der Waals surface area contributed by atoms with Crippen LogP contribution in [0.1, 0.15) is 43.2 Å². The molecule has 0 spiro atoms. The lowest BCUT2D eigenvalue weighted by Gasteiger charge is -2.17. The molecule has 1 aliphatic rings. The lowest BCUT2D eigenvalue weighted by Crippen LogP contribution is -2.31. The third-order valence-electron chi connectivity index (χ3n) is 3.77. The first-order valence-electron chi connectivity index (χ1n) is 7.50. The van der Waals surface area contributed by atoms with Crippen molar-refractivity contribution in [3.05, 3.63) is 47.7 Å². The van der Waals surface area contributed by atoms with E-state index in [-0.39, 0.29) is 6.03 Å². The van der Waals surface area contributed by atoms with E-state index >= 15 is 0 Å². The summed E-state index contributed by atoms with van der Waals surface area (Å²) in [5.74, 6) is 0.640. The first-order chi connectivity index (χ1) is 9.74. The van der Waals surface area contributed by atoms with Gasteiger partial charge in [0, 0.05) is 12.7 Å². The lowest BCUT2D eigenvalue weighted by molar-refractivity contribution is 0.243. The largest absolute Gasteiger partial charge is 0.334 e. The van der Waals surface area contributed by atoms with Gasteiger partial charge in [-0.25, -0.2) is 4.79 Å². The first kappa shape index (κ1) is 14.6. The summed E-state index contributed by atoms with van der Waals surface area (Å²) in [6, 6.07) is 8.02. The number of hydrogen-bond acceptors (Lipinski definition) is 1. The fourth-order valence-corrected chi connectivity index (χ4v) is 2.64. The molecule has 0 unspecified atom stereocenters. The number of urea groups is 1. The normalized spacial score (nSPS) is 16.2. The van der Waals surface area contributed by atoms with Crippen LogP contribution < -0.4 is 10.6 Å². The number of carbonyl (C=O) groups excluding carboxylic acids is 1. The SMILES string of the molecule is Cc1cccc(CNC(=O)N/C=C/C2CCCCC2)c1. The Balaban J connectivity index is 1.68. The Hall–Kier alpha value is -1.77. The smallest absolute Gasteiger partial charge is 0.319 e. The molecular formula is C17H24N2O. The molecule has 1 aliphatic carbocycles. The summed E-state index contributed by atoms with van der Waals surface area (Å²) < 4.78 is 0. The fraction of sp³-hybridized carbons (Fsp3) is 0.471. The minimum absolute atomic E-state index is 0.140. The summed E-state index contributed by atoms with van der Waals surface area (Å²) in [6.45, 7) is 2.61. The molecule has 20 heavy (non-hydrogen) atoms. The van der Waals surface area contributed by atoms with Crippen LogP contribution in [-0.4, -0.2) is 6.03 Å². The van der Waals surface area contributed by atoms with Crippen LogP contribution in [0, 0.1) is 12.8 Å². The Morgan fingerprint density at radius 3 is 2.85 bits per heavy atom. The highest BCUT2D eigenvalue weighted by Gasteiger charge is 2.09. The number of hydrogen-bond donors (Lipinski definition) is 2. The summed E-state index contributed by atoms with van der Waals surface area (Å²) in [5, 5.41) is 5.65. The Morgan fingerprint density at radius 2 is 2.10 bits per heavy atom. The van der Waals surface area contributed by atoms with E-state index in [1.165, 1.54) is 37.7 Å². The Kier molecular flexibility index (Phi) is 5.66. The van der Waals surface area contributed by atoms with Gasteiger partial charge in [0.25, 0.3) is 0 Å². The lowest BCUT2D eigenvalue weighted by atomic mass is 9.89. The molecule has 1 aromatic rings. The van der Waals surface area contributed by atoms with Gasteiger partial charge < -0.3 is 10.6 Å². The van der Waals surface area contributed by atoms with Crippen molar-refractivity contribution in [1.29, 1.82) is 0 Å². The maximum atomic E-state index is 11.7. The first-order valence-corrected chi connectivity index (χ1v) is 7.50. The predicted octanol–water partition coefficient (Wildman–Crippen LogP) is 3.89. The van der Waals surface area contributed by atoms with Crippen LogP contribution in [-0.2, 0) is 6.54 Å². The standard InChI is InChI=1S/C17H24N2O/c1-14-6-5-9-16(12-14)13-19-17(20)18-11-10-15-7-3-2-4-8-15/h5-6,9-12,15H,2-4,7-8,13H2,1H3,(H2,18,19,20)/b11-10+. The van der Waals surface area contributed by atoms with Crippen molar-refractivity contribution in [2.75, 3.05) is 0 Å². The topological polar surface area (TPSA) is 41.1 Å². The fourth-order valence-electron chi connectivity index (χ4n) is 2.64. The van der Waals surface area contributed by atoms with Crippen LogP contribution >= 0.6 is 0 Å². The highest BCUT2D eigenvalue weighted by Crippen LogP contribution is 2.24. The second kappa shape index (κ2) is 7.73. The van der Waals surface area contributed by atoms with Crippen molar-refractivity contribution in [1.82, 2.24) is 10.6 Å². The molecule has 1 saturated carbocycles. The van der Waals surface area contributed by atoms with Crippen molar-refractivity contribution in [3.8, 4) is 0 Å². The van der Waals surface area contributed by atoms with Gasteiger partial charge in [0.2, 0.25) is 0 Å². The summed E-state index contributed by atoms with van der Waals surface area (Å²) in [6.07, 6.45) is 10.4. The van der Waals surface area contributed by atoms with Gasteiger partial charge in [-0.15, -0.1) is 0 Å². The maximum Gasteiger partial charge on any atom is 0.319 e. The second-order valence-corrected chi connectivity index (χ2v) is 5.57. The second-order valence-electron chi connectivity index (χ2n) is 5.57. The molecule has 0 aliphatic heterocycles. The number of rotatable bonds is 4. The minimum Gasteiger partial charge on any atom is -0.334 e. The number of carbonyl (C=O) groups is 1. The van der Waals surface area contributed by atoms with E-state index in [0.717, 1.165) is 5.56 Å². The van der Waals surface area contributed by atoms with Crippen molar-refractivity contribution >= 4 is 6.03 Å². The molecular weight excluding hydrogens is 248 g/mol. The molecule has 0 radical (unpaired) electrons. The molecule has 3 nitrogen and oxygen atoms in total. The Bertz CT molecular complexity index is 462. The van der Waals surface area contributed by atoms with Crippen molar-refractivity contribution in [2.45, 2.75) is 45.6 Å². The van der Waals surface area contributed by atoms with Crippen molar-refractivity contribution in [3.63, 3.8) is 0 Å². The van der Waals surface area contributed by atoms with E-state index in [1.807, 2.05) is 12.1 Å². The van der Waals surface area contributed by atoms with Crippen LogP contribution in [0.5, 0.6) is 0 Å². The van der Waals surface area contributed by atoms with Gasteiger partial charge in [0.15, 0.2) is 0 Å². The molecule has 1 fully saturated rings. The molecule has 0 saturated heterocycles. The third kappa shape index (κ3) is 5.08. The molecule has 0 bridgehead atoms. The van der Waals surface area contributed by atoms with Crippen molar-refractivity contribution < 1.29 is 4.79 Å². The van der Waals surface area contributed by atoms with E-state index in [9.17, 15) is 4.79 Å². The molecule has 2 N–H and O–H groups in total. The van der Waals surface area contributed by atoms with Crippen LogP contribution in [0.3, 0.4) is 0 Å². The molecule has 2 amide bonds. The molecule has 3 heteroatoms. The van der Waals surface area contributed by atoms with Crippen molar-refractivity contribution in [2.24, 2.45) is 5.92 Å². The van der Waals surface area contributed by atoms with Gasteiger partial charge in [-0.2, -0.15) is 0 Å². The van der Waals surface area contributed by atoms with E-state index in [0.29, 0.717) is 12.5 Å². The van der Waals surface area contributed by atoms with Crippen LogP contribution in [0.4, 0.5) is 4.79 Å². The minimum atomic E-state index is -0.140. The molecule has 0 heterocycles. The highest BCUT2D eigenvalue weighted by molar-refractivity contribution is 5.74. The van der Waals surface area contributed by atoms with Gasteiger partial charge in [-0.3, -0.25) is 0 Å². The van der Waals surface area contributed by atoms with Crippen LogP contribution in [0.25, 0.3) is 0 Å². The number of aryl methyl sites for hydroxylation is 1. The number of nitrogens with one attached hydrogen (secondary N) is 2. The zero-order valence-corrected chi connectivity index (χ0v) is 12.2. The van der Waals surface area contributed by atoms with Gasteiger partial charge in [0.05, 0.1) is 0 Å². The molecule has 1 aromatic carbocycles. The number of benzene rings is 1. The quantitative estimate of drug-likeness (QED) is 0.858. The summed E-state index contributed by atoms with van der Waals surface area (Å²) in [4.78, 5) is 11.7.